The molecular weight excluding hydrogens is 321 g/mol. The smallest absolute Gasteiger partial charge is 0.173 e. The van der Waals surface area contributed by atoms with E-state index in [-0.39, 0.29) is 6.04 Å². The predicted octanol–water partition coefficient (Wildman–Crippen LogP) is 3.68. The van der Waals surface area contributed by atoms with Crippen LogP contribution >= 0.6 is 34.8 Å². The van der Waals surface area contributed by atoms with Crippen LogP contribution < -0.4 is 5.32 Å². The Morgan fingerprint density at radius 3 is 2.60 bits per heavy atom. The molecule has 108 valence electrons. The van der Waals surface area contributed by atoms with Crippen LogP contribution in [0.25, 0.3) is 5.69 Å². The summed E-state index contributed by atoms with van der Waals surface area (Å²) in [6.07, 6.45) is 1.03. The van der Waals surface area contributed by atoms with E-state index in [1.807, 2.05) is 6.92 Å². The average Bonchev–Trinajstić information content (AvgIpc) is 2.89. The Kier molecular flexibility index (Phi) is 5.21. The summed E-state index contributed by atoms with van der Waals surface area (Å²) in [6.45, 7) is 4.96. The predicted molar refractivity (Wildman–Crippen MR) is 80.9 cm³/mol. The number of nitrogens with zero attached hydrogens (tertiary/aromatic N) is 4. The molecule has 1 N–H and O–H groups in total. The summed E-state index contributed by atoms with van der Waals surface area (Å²) in [5, 5.41) is 16.3. The summed E-state index contributed by atoms with van der Waals surface area (Å²) < 4.78 is 1.57. The van der Waals surface area contributed by atoms with Gasteiger partial charge in [-0.05, 0) is 42.4 Å². The van der Waals surface area contributed by atoms with E-state index in [9.17, 15) is 0 Å². The van der Waals surface area contributed by atoms with Crippen molar-refractivity contribution in [2.45, 2.75) is 26.3 Å². The number of nitrogens with one attached hydrogen (secondary N) is 1. The summed E-state index contributed by atoms with van der Waals surface area (Å²) in [5.41, 5.74) is 0.603. The van der Waals surface area contributed by atoms with E-state index in [4.69, 9.17) is 34.8 Å². The van der Waals surface area contributed by atoms with Crippen LogP contribution in [-0.4, -0.2) is 26.8 Å². The van der Waals surface area contributed by atoms with Crippen LogP contribution in [0.15, 0.2) is 12.1 Å². The molecule has 1 atom stereocenters. The summed E-state index contributed by atoms with van der Waals surface area (Å²) in [7, 11) is 0. The minimum Gasteiger partial charge on any atom is -0.307 e. The highest BCUT2D eigenvalue weighted by atomic mass is 35.5. The SMILES string of the molecule is CCCNC(C)c1nnnn1-c1cc(Cl)c(Cl)cc1Cl. The van der Waals surface area contributed by atoms with Gasteiger partial charge in [0.05, 0.1) is 26.8 Å². The van der Waals surface area contributed by atoms with Gasteiger partial charge in [0, 0.05) is 0 Å². The molecule has 2 rings (SSSR count). The Labute approximate surface area is 132 Å². The molecule has 0 fully saturated rings. The van der Waals surface area contributed by atoms with Crippen molar-refractivity contribution >= 4 is 34.8 Å². The fourth-order valence-corrected chi connectivity index (χ4v) is 2.38. The quantitative estimate of drug-likeness (QED) is 0.847. The molecule has 1 aromatic carbocycles. The molecule has 0 aliphatic carbocycles. The van der Waals surface area contributed by atoms with E-state index >= 15 is 0 Å². The van der Waals surface area contributed by atoms with Crippen LogP contribution in [0, 0.1) is 0 Å². The van der Waals surface area contributed by atoms with Crippen molar-refractivity contribution < 1.29 is 0 Å². The van der Waals surface area contributed by atoms with Crippen LogP contribution in [-0.2, 0) is 0 Å². The Morgan fingerprint density at radius 2 is 1.90 bits per heavy atom. The highest BCUT2D eigenvalue weighted by molar-refractivity contribution is 6.43. The largest absolute Gasteiger partial charge is 0.307 e. The molecule has 0 bridgehead atoms. The lowest BCUT2D eigenvalue weighted by molar-refractivity contribution is 0.531. The normalized spacial score (nSPS) is 12.7. The Balaban J connectivity index is 2.39. The van der Waals surface area contributed by atoms with Crippen molar-refractivity contribution in [3.63, 3.8) is 0 Å². The third-order valence-electron chi connectivity index (χ3n) is 2.80. The van der Waals surface area contributed by atoms with Gasteiger partial charge in [0.1, 0.15) is 0 Å². The van der Waals surface area contributed by atoms with E-state index in [0.29, 0.717) is 26.6 Å². The standard InChI is InChI=1S/C12H14Cl3N5/c1-3-4-16-7(2)12-17-18-19-20(12)11-6-9(14)8(13)5-10(11)15/h5-7,16H,3-4H2,1-2H3. The number of tetrazole rings is 1. The van der Waals surface area contributed by atoms with Crippen LogP contribution in [0.4, 0.5) is 0 Å². The van der Waals surface area contributed by atoms with Gasteiger partial charge in [-0.2, -0.15) is 4.68 Å². The molecule has 0 saturated heterocycles. The van der Waals surface area contributed by atoms with E-state index in [1.165, 1.54) is 0 Å². The van der Waals surface area contributed by atoms with E-state index in [0.717, 1.165) is 13.0 Å². The zero-order valence-electron chi connectivity index (χ0n) is 11.1. The molecule has 1 aromatic heterocycles. The molecule has 0 radical (unpaired) electrons. The first-order valence-electron chi connectivity index (χ1n) is 6.21. The number of halogens is 3. The van der Waals surface area contributed by atoms with Crippen LogP contribution in [0.2, 0.25) is 15.1 Å². The topological polar surface area (TPSA) is 55.6 Å². The molecule has 2 aromatic rings. The fourth-order valence-electron chi connectivity index (χ4n) is 1.76. The van der Waals surface area contributed by atoms with Crippen molar-refractivity contribution in [3.05, 3.63) is 33.0 Å². The molecule has 0 saturated carbocycles. The van der Waals surface area contributed by atoms with Gasteiger partial charge >= 0.3 is 0 Å². The van der Waals surface area contributed by atoms with Gasteiger partial charge < -0.3 is 5.32 Å². The molecule has 20 heavy (non-hydrogen) atoms. The molecule has 0 aliphatic heterocycles. The number of hydrogen-bond acceptors (Lipinski definition) is 4. The molecule has 0 amide bonds. The molecular formula is C12H14Cl3N5. The Hall–Kier alpha value is -0.880. The maximum absolute atomic E-state index is 6.19. The summed E-state index contributed by atoms with van der Waals surface area (Å²) >= 11 is 18.2. The number of aromatic nitrogens is 4. The van der Waals surface area contributed by atoms with Gasteiger partial charge in [-0.25, -0.2) is 0 Å². The summed E-state index contributed by atoms with van der Waals surface area (Å²) in [4.78, 5) is 0. The second kappa shape index (κ2) is 6.72. The maximum Gasteiger partial charge on any atom is 0.173 e. The van der Waals surface area contributed by atoms with Crippen molar-refractivity contribution in [2.75, 3.05) is 6.54 Å². The van der Waals surface area contributed by atoms with Gasteiger partial charge in [-0.3, -0.25) is 0 Å². The zero-order chi connectivity index (χ0) is 14.7. The number of hydrogen-bond donors (Lipinski definition) is 1. The lowest BCUT2D eigenvalue weighted by atomic mass is 10.2. The van der Waals surface area contributed by atoms with Crippen molar-refractivity contribution in [3.8, 4) is 5.69 Å². The lowest BCUT2D eigenvalue weighted by Gasteiger charge is -2.14. The molecule has 1 heterocycles. The minimum atomic E-state index is -0.00419. The van der Waals surface area contributed by atoms with Gasteiger partial charge in [0.25, 0.3) is 0 Å². The Morgan fingerprint density at radius 1 is 1.20 bits per heavy atom. The van der Waals surface area contributed by atoms with Gasteiger partial charge in [0.2, 0.25) is 0 Å². The molecule has 8 heteroatoms. The lowest BCUT2D eigenvalue weighted by Crippen LogP contribution is -2.22. The second-order valence-corrected chi connectivity index (χ2v) is 5.56. The second-order valence-electron chi connectivity index (χ2n) is 4.34. The maximum atomic E-state index is 6.19. The van der Waals surface area contributed by atoms with Gasteiger partial charge in [-0.15, -0.1) is 5.10 Å². The van der Waals surface area contributed by atoms with E-state index in [2.05, 4.69) is 27.8 Å². The average molecular weight is 335 g/mol. The first kappa shape index (κ1) is 15.5. The first-order valence-corrected chi connectivity index (χ1v) is 7.34. The number of benzene rings is 1. The zero-order valence-corrected chi connectivity index (χ0v) is 13.3. The first-order chi connectivity index (χ1) is 9.54. The highest BCUT2D eigenvalue weighted by Crippen LogP contribution is 2.31. The van der Waals surface area contributed by atoms with Crippen molar-refractivity contribution in [2.24, 2.45) is 0 Å². The highest BCUT2D eigenvalue weighted by Gasteiger charge is 2.18. The monoisotopic (exact) mass is 333 g/mol. The summed E-state index contributed by atoms with van der Waals surface area (Å²) in [5.74, 6) is 0.665. The van der Waals surface area contributed by atoms with E-state index < -0.39 is 0 Å². The molecule has 0 spiro atoms. The minimum absolute atomic E-state index is 0.00419. The molecule has 1 unspecified atom stereocenters. The van der Waals surface area contributed by atoms with E-state index in [1.54, 1.807) is 16.8 Å². The van der Waals surface area contributed by atoms with Crippen LogP contribution in [0.1, 0.15) is 32.1 Å². The third-order valence-corrected chi connectivity index (χ3v) is 3.82. The Bertz CT molecular complexity index is 599. The third kappa shape index (κ3) is 3.23. The fraction of sp³-hybridized carbons (Fsp3) is 0.417. The summed E-state index contributed by atoms with van der Waals surface area (Å²) in [6, 6.07) is 3.23. The van der Waals surface area contributed by atoms with Crippen molar-refractivity contribution in [1.82, 2.24) is 25.5 Å². The number of rotatable bonds is 5. The van der Waals surface area contributed by atoms with Crippen molar-refractivity contribution in [1.29, 1.82) is 0 Å². The molecule has 0 aliphatic rings. The van der Waals surface area contributed by atoms with Gasteiger partial charge in [-0.1, -0.05) is 41.7 Å². The molecule has 5 nitrogen and oxygen atoms in total. The van der Waals surface area contributed by atoms with Gasteiger partial charge in [0.15, 0.2) is 5.82 Å². The van der Waals surface area contributed by atoms with Crippen LogP contribution in [0.3, 0.4) is 0 Å². The van der Waals surface area contributed by atoms with Crippen LogP contribution in [0.5, 0.6) is 0 Å².